The molecule has 0 radical (unpaired) electrons. The number of nitrogens with zero attached hydrogens (tertiary/aromatic N) is 1. The highest BCUT2D eigenvalue weighted by atomic mass is 32.2. The summed E-state index contributed by atoms with van der Waals surface area (Å²) in [4.78, 5) is 23.9. The van der Waals surface area contributed by atoms with Gasteiger partial charge in [0.25, 0.3) is 0 Å². The molecule has 1 rings (SSSR count). The van der Waals surface area contributed by atoms with Crippen LogP contribution in [0, 0.1) is 0 Å². The molecule has 0 spiro atoms. The highest BCUT2D eigenvalue weighted by Crippen LogP contribution is 2.06. The van der Waals surface area contributed by atoms with Gasteiger partial charge in [-0.05, 0) is 0 Å². The largest absolute Gasteiger partial charge is 0.341 e. The minimum absolute atomic E-state index is 0.0165. The van der Waals surface area contributed by atoms with Crippen LogP contribution in [0.2, 0.25) is 0 Å². The van der Waals surface area contributed by atoms with Crippen LogP contribution in [-0.2, 0) is 20.4 Å². The van der Waals surface area contributed by atoms with Crippen LogP contribution in [0.1, 0.15) is 19.8 Å². The monoisotopic (exact) mass is 217 g/mol. The van der Waals surface area contributed by atoms with Crippen molar-refractivity contribution in [1.82, 2.24) is 4.90 Å². The molecule has 0 aromatic heterocycles. The summed E-state index contributed by atoms with van der Waals surface area (Å²) in [6.07, 6.45) is 0.475. The Morgan fingerprint density at radius 3 is 2.71 bits per heavy atom. The van der Waals surface area contributed by atoms with E-state index in [-0.39, 0.29) is 18.1 Å². The molecule has 1 unspecified atom stereocenters. The standard InChI is InChI=1S/C9H15NO3S/c1-2-14(13)6-5-10-4-3-8(11)7-9(10)12/h2-7H2,1H3. The third-order valence-corrected chi connectivity index (χ3v) is 3.55. The number of rotatable bonds is 4. The number of carbonyl (C=O) groups excluding carboxylic acids is 2. The van der Waals surface area contributed by atoms with Gasteiger partial charge in [-0.15, -0.1) is 0 Å². The summed E-state index contributed by atoms with van der Waals surface area (Å²) < 4.78 is 11.1. The molecule has 1 amide bonds. The number of piperidine rings is 1. The molecule has 4 nitrogen and oxygen atoms in total. The van der Waals surface area contributed by atoms with E-state index in [0.29, 0.717) is 31.0 Å². The minimum Gasteiger partial charge on any atom is -0.341 e. The van der Waals surface area contributed by atoms with Crippen molar-refractivity contribution in [3.63, 3.8) is 0 Å². The molecule has 0 bridgehead atoms. The lowest BCUT2D eigenvalue weighted by Gasteiger charge is -2.25. The summed E-state index contributed by atoms with van der Waals surface area (Å²) in [5.74, 6) is 1.05. The van der Waals surface area contributed by atoms with E-state index in [4.69, 9.17) is 0 Å². The van der Waals surface area contributed by atoms with Gasteiger partial charge in [-0.2, -0.15) is 0 Å². The van der Waals surface area contributed by atoms with Gasteiger partial charge in [0.15, 0.2) is 0 Å². The first kappa shape index (κ1) is 11.4. The number of ketones is 1. The van der Waals surface area contributed by atoms with Crippen molar-refractivity contribution in [2.24, 2.45) is 0 Å². The van der Waals surface area contributed by atoms with E-state index in [1.54, 1.807) is 4.90 Å². The third-order valence-electron chi connectivity index (χ3n) is 2.27. The lowest BCUT2D eigenvalue weighted by molar-refractivity contribution is -0.139. The van der Waals surface area contributed by atoms with E-state index < -0.39 is 10.8 Å². The lowest BCUT2D eigenvalue weighted by atomic mass is 10.1. The number of likely N-dealkylation sites (tertiary alicyclic amines) is 1. The predicted molar refractivity (Wildman–Crippen MR) is 54.4 cm³/mol. The zero-order valence-corrected chi connectivity index (χ0v) is 9.14. The second kappa shape index (κ2) is 5.24. The maximum Gasteiger partial charge on any atom is 0.230 e. The van der Waals surface area contributed by atoms with E-state index in [2.05, 4.69) is 0 Å². The van der Waals surface area contributed by atoms with Gasteiger partial charge in [0, 0.05) is 41.8 Å². The number of hydrogen-bond acceptors (Lipinski definition) is 3. The Balaban J connectivity index is 2.34. The molecule has 1 aliphatic rings. The molecule has 1 fully saturated rings. The van der Waals surface area contributed by atoms with Crippen LogP contribution in [0.25, 0.3) is 0 Å². The summed E-state index contributed by atoms with van der Waals surface area (Å²) in [5, 5.41) is 0. The lowest BCUT2D eigenvalue weighted by Crippen LogP contribution is -2.41. The number of amides is 1. The molecule has 1 atom stereocenters. The smallest absolute Gasteiger partial charge is 0.230 e. The Bertz CT molecular complexity index is 265. The second-order valence-corrected chi connectivity index (χ2v) is 5.14. The molecule has 1 saturated heterocycles. The Morgan fingerprint density at radius 2 is 2.14 bits per heavy atom. The number of carbonyl (C=O) groups is 2. The summed E-state index contributed by atoms with van der Waals surface area (Å²) in [7, 11) is -0.831. The van der Waals surface area contributed by atoms with E-state index in [9.17, 15) is 13.8 Å². The van der Waals surface area contributed by atoms with E-state index in [1.807, 2.05) is 6.92 Å². The molecule has 1 heterocycles. The van der Waals surface area contributed by atoms with Crippen molar-refractivity contribution < 1.29 is 13.8 Å². The van der Waals surface area contributed by atoms with Gasteiger partial charge in [0.1, 0.15) is 5.78 Å². The van der Waals surface area contributed by atoms with E-state index in [0.717, 1.165) is 0 Å². The van der Waals surface area contributed by atoms with Crippen LogP contribution >= 0.6 is 0 Å². The van der Waals surface area contributed by atoms with Crippen molar-refractivity contribution >= 4 is 22.5 Å². The first-order valence-electron chi connectivity index (χ1n) is 4.78. The number of Topliss-reactive ketones (excluding diaryl/α,β-unsaturated/α-hetero) is 1. The number of hydrogen-bond donors (Lipinski definition) is 0. The fourth-order valence-corrected chi connectivity index (χ4v) is 2.06. The maximum atomic E-state index is 11.3. The minimum atomic E-state index is -0.831. The zero-order valence-electron chi connectivity index (χ0n) is 8.32. The Hall–Kier alpha value is -0.710. The fourth-order valence-electron chi connectivity index (χ4n) is 1.35. The average Bonchev–Trinajstić information content (AvgIpc) is 2.16. The maximum absolute atomic E-state index is 11.3. The van der Waals surface area contributed by atoms with Crippen molar-refractivity contribution in [3.05, 3.63) is 0 Å². The Labute approximate surface area is 86.1 Å². The molecule has 1 aliphatic heterocycles. The van der Waals surface area contributed by atoms with Gasteiger partial charge in [-0.3, -0.25) is 13.8 Å². The molecule has 0 aromatic carbocycles. The second-order valence-electron chi connectivity index (χ2n) is 3.28. The van der Waals surface area contributed by atoms with Crippen LogP contribution < -0.4 is 0 Å². The van der Waals surface area contributed by atoms with Crippen LogP contribution in [0.3, 0.4) is 0 Å². The average molecular weight is 217 g/mol. The molecule has 5 heteroatoms. The Kier molecular flexibility index (Phi) is 4.25. The summed E-state index contributed by atoms with van der Waals surface area (Å²) >= 11 is 0. The van der Waals surface area contributed by atoms with Gasteiger partial charge in [-0.25, -0.2) is 0 Å². The molecule has 0 aromatic rings. The summed E-state index contributed by atoms with van der Waals surface area (Å²) in [5.41, 5.74) is 0. The van der Waals surface area contributed by atoms with Gasteiger partial charge >= 0.3 is 0 Å². The van der Waals surface area contributed by atoms with E-state index in [1.165, 1.54) is 0 Å². The van der Waals surface area contributed by atoms with Gasteiger partial charge in [0.2, 0.25) is 5.91 Å². The SMILES string of the molecule is CCS(=O)CCN1CCC(=O)CC1=O. The van der Waals surface area contributed by atoms with Crippen LogP contribution in [-0.4, -0.2) is 45.4 Å². The van der Waals surface area contributed by atoms with Crippen LogP contribution in [0.15, 0.2) is 0 Å². The van der Waals surface area contributed by atoms with Gasteiger partial charge in [0.05, 0.1) is 6.42 Å². The molecule has 14 heavy (non-hydrogen) atoms. The summed E-state index contributed by atoms with van der Waals surface area (Å²) in [6.45, 7) is 2.88. The van der Waals surface area contributed by atoms with Crippen molar-refractivity contribution in [2.75, 3.05) is 24.6 Å². The van der Waals surface area contributed by atoms with Crippen molar-refractivity contribution in [1.29, 1.82) is 0 Å². The van der Waals surface area contributed by atoms with Crippen molar-refractivity contribution in [3.8, 4) is 0 Å². The van der Waals surface area contributed by atoms with Gasteiger partial charge < -0.3 is 4.90 Å². The molecule has 80 valence electrons. The fraction of sp³-hybridized carbons (Fsp3) is 0.778. The first-order chi connectivity index (χ1) is 6.63. The molecular formula is C9H15NO3S. The normalized spacial score (nSPS) is 19.9. The highest BCUT2D eigenvalue weighted by Gasteiger charge is 2.23. The first-order valence-corrected chi connectivity index (χ1v) is 6.26. The molecule has 0 aliphatic carbocycles. The van der Waals surface area contributed by atoms with E-state index >= 15 is 0 Å². The van der Waals surface area contributed by atoms with Crippen LogP contribution in [0.5, 0.6) is 0 Å². The topological polar surface area (TPSA) is 54.5 Å². The molecular weight excluding hydrogens is 202 g/mol. The molecule has 0 N–H and O–H groups in total. The van der Waals surface area contributed by atoms with Gasteiger partial charge in [-0.1, -0.05) is 6.92 Å². The predicted octanol–water partition coefficient (Wildman–Crippen LogP) is -0.0535. The quantitative estimate of drug-likeness (QED) is 0.620. The van der Waals surface area contributed by atoms with Crippen LogP contribution in [0.4, 0.5) is 0 Å². The Morgan fingerprint density at radius 1 is 1.43 bits per heavy atom. The third kappa shape index (κ3) is 3.21. The molecule has 0 saturated carbocycles. The summed E-state index contributed by atoms with van der Waals surface area (Å²) in [6, 6.07) is 0. The van der Waals surface area contributed by atoms with Crippen molar-refractivity contribution in [2.45, 2.75) is 19.8 Å². The zero-order chi connectivity index (χ0) is 10.6. The highest BCUT2D eigenvalue weighted by molar-refractivity contribution is 7.84.